The minimum absolute atomic E-state index is 0.0924. The molecule has 0 saturated heterocycles. The Morgan fingerprint density at radius 1 is 0.967 bits per heavy atom. The van der Waals surface area contributed by atoms with Crippen molar-refractivity contribution in [2.75, 3.05) is 26.1 Å². The van der Waals surface area contributed by atoms with E-state index in [4.69, 9.17) is 14.2 Å². The molecule has 0 radical (unpaired) electrons. The molecule has 0 fully saturated rings. The number of benzene rings is 3. The van der Waals surface area contributed by atoms with Crippen molar-refractivity contribution in [3.8, 4) is 11.5 Å². The molecule has 0 unspecified atom stereocenters. The van der Waals surface area contributed by atoms with Crippen LogP contribution < -0.4 is 14.8 Å². The number of nitrogens with one attached hydrogen (secondary N) is 1. The molecule has 0 spiro atoms. The number of anilines is 1. The average Bonchev–Trinajstić information content (AvgIpc) is 2.76. The number of nitro benzene ring substituents is 1. The highest BCUT2D eigenvalue weighted by Crippen LogP contribution is 2.34. The third kappa shape index (κ3) is 4.46. The molecular weight excluding hydrogens is 392 g/mol. The fourth-order valence-corrected chi connectivity index (χ4v) is 2.86. The Morgan fingerprint density at radius 2 is 1.63 bits per heavy atom. The van der Waals surface area contributed by atoms with Crippen molar-refractivity contribution in [2.45, 2.75) is 0 Å². The number of hydrogen-bond donors (Lipinski definition) is 1. The van der Waals surface area contributed by atoms with Crippen LogP contribution in [0.15, 0.2) is 54.6 Å². The first-order valence-corrected chi connectivity index (χ1v) is 8.79. The molecule has 3 aromatic rings. The number of fused-ring (bicyclic) bond motifs is 1. The Hall–Kier alpha value is -4.14. The highest BCUT2D eigenvalue weighted by Gasteiger charge is 2.26. The molecule has 3 aromatic carbocycles. The van der Waals surface area contributed by atoms with Gasteiger partial charge in [0.2, 0.25) is 0 Å². The second-order valence-corrected chi connectivity index (χ2v) is 6.17. The summed E-state index contributed by atoms with van der Waals surface area (Å²) >= 11 is 0. The number of amides is 1. The highest BCUT2D eigenvalue weighted by atomic mass is 16.6. The van der Waals surface area contributed by atoms with E-state index in [0.717, 1.165) is 22.9 Å². The van der Waals surface area contributed by atoms with E-state index in [9.17, 15) is 19.7 Å². The summed E-state index contributed by atoms with van der Waals surface area (Å²) in [5, 5.41) is 15.9. The lowest BCUT2D eigenvalue weighted by Crippen LogP contribution is -2.21. The number of methoxy groups -OCH3 is 2. The van der Waals surface area contributed by atoms with Gasteiger partial charge in [0.1, 0.15) is 5.56 Å². The predicted octanol–water partition coefficient (Wildman–Crippen LogP) is 3.56. The molecule has 9 nitrogen and oxygen atoms in total. The Labute approximate surface area is 171 Å². The standard InChI is InChI=1S/C21H18N2O7/c1-28-18-10-16(17(23(26)27)11-19(18)29-2)21(25)30-12-20(24)22-15-8-7-13-5-3-4-6-14(13)9-15/h3-11H,12H2,1-2H3,(H,22,24). The molecule has 0 atom stereocenters. The molecule has 0 aliphatic rings. The van der Waals surface area contributed by atoms with E-state index in [1.807, 2.05) is 30.3 Å². The zero-order valence-electron chi connectivity index (χ0n) is 16.2. The summed E-state index contributed by atoms with van der Waals surface area (Å²) in [4.78, 5) is 35.1. The van der Waals surface area contributed by atoms with Gasteiger partial charge in [-0.25, -0.2) is 4.79 Å². The Morgan fingerprint density at radius 3 is 2.30 bits per heavy atom. The summed E-state index contributed by atoms with van der Waals surface area (Å²) in [6.07, 6.45) is 0. The number of carbonyl (C=O) groups excluding carboxylic acids is 2. The summed E-state index contributed by atoms with van der Waals surface area (Å²) in [6, 6.07) is 15.2. The number of esters is 1. The molecule has 30 heavy (non-hydrogen) atoms. The summed E-state index contributed by atoms with van der Waals surface area (Å²) in [7, 11) is 2.65. The molecule has 0 heterocycles. The van der Waals surface area contributed by atoms with Crippen LogP contribution in [0.1, 0.15) is 10.4 Å². The lowest BCUT2D eigenvalue weighted by molar-refractivity contribution is -0.385. The molecule has 3 rings (SSSR count). The smallest absolute Gasteiger partial charge is 0.345 e. The first-order chi connectivity index (χ1) is 14.4. The molecule has 1 amide bonds. The van der Waals surface area contributed by atoms with Gasteiger partial charge in [0, 0.05) is 11.8 Å². The zero-order valence-corrected chi connectivity index (χ0v) is 16.2. The van der Waals surface area contributed by atoms with Crippen LogP contribution in [0.3, 0.4) is 0 Å². The first-order valence-electron chi connectivity index (χ1n) is 8.79. The molecule has 0 saturated carbocycles. The predicted molar refractivity (Wildman–Crippen MR) is 109 cm³/mol. The van der Waals surface area contributed by atoms with Crippen molar-refractivity contribution < 1.29 is 28.7 Å². The van der Waals surface area contributed by atoms with E-state index in [-0.39, 0.29) is 17.1 Å². The van der Waals surface area contributed by atoms with E-state index in [1.54, 1.807) is 12.1 Å². The van der Waals surface area contributed by atoms with Crippen molar-refractivity contribution in [3.63, 3.8) is 0 Å². The number of hydrogen-bond acceptors (Lipinski definition) is 7. The minimum Gasteiger partial charge on any atom is -0.493 e. The topological polar surface area (TPSA) is 117 Å². The lowest BCUT2D eigenvalue weighted by Gasteiger charge is -2.11. The monoisotopic (exact) mass is 410 g/mol. The maximum Gasteiger partial charge on any atom is 0.345 e. The number of nitrogens with zero attached hydrogens (tertiary/aromatic N) is 1. The van der Waals surface area contributed by atoms with E-state index in [2.05, 4.69) is 5.32 Å². The molecule has 154 valence electrons. The number of carbonyl (C=O) groups is 2. The van der Waals surface area contributed by atoms with Crippen LogP contribution in [0, 0.1) is 10.1 Å². The fourth-order valence-electron chi connectivity index (χ4n) is 2.86. The average molecular weight is 410 g/mol. The highest BCUT2D eigenvalue weighted by molar-refractivity contribution is 5.99. The summed E-state index contributed by atoms with van der Waals surface area (Å²) < 4.78 is 15.0. The summed E-state index contributed by atoms with van der Waals surface area (Å²) in [5.41, 5.74) is -0.337. The van der Waals surface area contributed by atoms with E-state index >= 15 is 0 Å². The first kappa shape index (κ1) is 20.6. The molecule has 9 heteroatoms. The second-order valence-electron chi connectivity index (χ2n) is 6.17. The quantitative estimate of drug-likeness (QED) is 0.359. The van der Waals surface area contributed by atoms with Crippen molar-refractivity contribution in [1.82, 2.24) is 0 Å². The van der Waals surface area contributed by atoms with Crippen LogP contribution in [0.5, 0.6) is 11.5 Å². The van der Waals surface area contributed by atoms with Gasteiger partial charge in [0.15, 0.2) is 18.1 Å². The third-order valence-corrected chi connectivity index (χ3v) is 4.29. The molecule has 1 N–H and O–H groups in total. The molecule has 0 aliphatic heterocycles. The Kier molecular flexibility index (Phi) is 6.11. The van der Waals surface area contributed by atoms with Crippen molar-refractivity contribution in [2.24, 2.45) is 0 Å². The van der Waals surface area contributed by atoms with Gasteiger partial charge in [0.05, 0.1) is 25.2 Å². The lowest BCUT2D eigenvalue weighted by atomic mass is 10.1. The molecule has 0 bridgehead atoms. The summed E-state index contributed by atoms with van der Waals surface area (Å²) in [6.45, 7) is -0.614. The number of nitro groups is 1. The van der Waals surface area contributed by atoms with Gasteiger partial charge in [-0.15, -0.1) is 0 Å². The van der Waals surface area contributed by atoms with Crippen LogP contribution in [-0.4, -0.2) is 37.6 Å². The normalized spacial score (nSPS) is 10.3. The van der Waals surface area contributed by atoms with Crippen LogP contribution in [0.2, 0.25) is 0 Å². The SMILES string of the molecule is COc1cc(C(=O)OCC(=O)Nc2ccc3ccccc3c2)c([N+](=O)[O-])cc1OC. The van der Waals surface area contributed by atoms with Crippen LogP contribution in [-0.2, 0) is 9.53 Å². The largest absolute Gasteiger partial charge is 0.493 e. The van der Waals surface area contributed by atoms with Crippen LogP contribution in [0.4, 0.5) is 11.4 Å². The van der Waals surface area contributed by atoms with Gasteiger partial charge in [-0.1, -0.05) is 30.3 Å². The maximum atomic E-state index is 12.4. The van der Waals surface area contributed by atoms with Gasteiger partial charge in [0.25, 0.3) is 11.6 Å². The van der Waals surface area contributed by atoms with Crippen molar-refractivity contribution in [1.29, 1.82) is 0 Å². The van der Waals surface area contributed by atoms with Gasteiger partial charge >= 0.3 is 5.97 Å². The fraction of sp³-hybridized carbons (Fsp3) is 0.143. The van der Waals surface area contributed by atoms with Gasteiger partial charge < -0.3 is 19.5 Å². The second kappa shape index (κ2) is 8.91. The van der Waals surface area contributed by atoms with Gasteiger partial charge in [-0.2, -0.15) is 0 Å². The summed E-state index contributed by atoms with van der Waals surface area (Å²) in [5.74, 6) is -1.40. The molecular formula is C21H18N2O7. The molecule has 0 aromatic heterocycles. The number of ether oxygens (including phenoxy) is 3. The maximum absolute atomic E-state index is 12.4. The van der Waals surface area contributed by atoms with Crippen molar-refractivity contribution in [3.05, 3.63) is 70.3 Å². The minimum atomic E-state index is -1.03. The third-order valence-electron chi connectivity index (χ3n) is 4.29. The van der Waals surface area contributed by atoms with Crippen molar-refractivity contribution >= 4 is 34.0 Å². The van der Waals surface area contributed by atoms with Crippen LogP contribution >= 0.6 is 0 Å². The van der Waals surface area contributed by atoms with E-state index in [1.165, 1.54) is 14.2 Å². The van der Waals surface area contributed by atoms with Gasteiger partial charge in [-0.3, -0.25) is 14.9 Å². The van der Waals surface area contributed by atoms with E-state index in [0.29, 0.717) is 5.69 Å². The molecule has 0 aliphatic carbocycles. The Balaban J connectivity index is 1.71. The van der Waals surface area contributed by atoms with Crippen LogP contribution in [0.25, 0.3) is 10.8 Å². The number of rotatable bonds is 7. The Bertz CT molecular complexity index is 1130. The zero-order chi connectivity index (χ0) is 21.7. The van der Waals surface area contributed by atoms with E-state index < -0.39 is 29.1 Å². The van der Waals surface area contributed by atoms with Gasteiger partial charge in [-0.05, 0) is 22.9 Å².